The smallest absolute Gasteiger partial charge is 0.270 e. The monoisotopic (exact) mass is 357 g/mol. The number of aromatic amines is 1. The Morgan fingerprint density at radius 2 is 2.08 bits per heavy atom. The summed E-state index contributed by atoms with van der Waals surface area (Å²) in [7, 11) is 0. The first-order chi connectivity index (χ1) is 11.9. The van der Waals surface area contributed by atoms with Crippen LogP contribution in [0.3, 0.4) is 0 Å². The molecule has 1 N–H and O–H groups in total. The highest BCUT2D eigenvalue weighted by atomic mass is 32.1. The van der Waals surface area contributed by atoms with Crippen molar-refractivity contribution in [1.82, 2.24) is 19.8 Å². The van der Waals surface area contributed by atoms with Crippen molar-refractivity contribution < 1.29 is 4.79 Å². The Morgan fingerprint density at radius 3 is 2.64 bits per heavy atom. The molecule has 25 heavy (non-hydrogen) atoms. The van der Waals surface area contributed by atoms with E-state index in [9.17, 15) is 4.79 Å². The van der Waals surface area contributed by atoms with E-state index in [1.54, 1.807) is 23.6 Å². The third kappa shape index (κ3) is 4.09. The third-order valence-corrected chi connectivity index (χ3v) is 5.60. The lowest BCUT2D eigenvalue weighted by Gasteiger charge is -2.34. The summed E-state index contributed by atoms with van der Waals surface area (Å²) in [5.74, 6) is -0.0372. The summed E-state index contributed by atoms with van der Waals surface area (Å²) in [5.41, 5.74) is 2.17. The largest absolute Gasteiger partial charge is 0.356 e. The summed E-state index contributed by atoms with van der Waals surface area (Å²) >= 11 is 1.72. The van der Waals surface area contributed by atoms with Gasteiger partial charge in [0.1, 0.15) is 11.8 Å². The molecule has 0 aromatic carbocycles. The quantitative estimate of drug-likeness (QED) is 0.916. The van der Waals surface area contributed by atoms with Gasteiger partial charge in [-0.1, -0.05) is 20.8 Å². The lowest BCUT2D eigenvalue weighted by atomic mass is 9.98. The Kier molecular flexibility index (Phi) is 4.93. The number of H-pyrrole nitrogens is 1. The Bertz CT molecular complexity index is 787. The van der Waals surface area contributed by atoms with Crippen LogP contribution >= 0.6 is 11.3 Å². The van der Waals surface area contributed by atoms with Crippen LogP contribution in [0.1, 0.15) is 47.5 Å². The van der Waals surface area contributed by atoms with E-state index in [0.717, 1.165) is 30.3 Å². The van der Waals surface area contributed by atoms with Crippen molar-refractivity contribution in [3.63, 3.8) is 0 Å². The highest BCUT2D eigenvalue weighted by molar-refractivity contribution is 7.09. The summed E-state index contributed by atoms with van der Waals surface area (Å²) in [6, 6.07) is 3.64. The molecule has 1 aliphatic heterocycles. The lowest BCUT2D eigenvalue weighted by molar-refractivity contribution is 0.0622. The number of piperazine rings is 1. The molecule has 2 aromatic heterocycles. The van der Waals surface area contributed by atoms with Gasteiger partial charge in [-0.2, -0.15) is 5.26 Å². The van der Waals surface area contributed by atoms with Gasteiger partial charge >= 0.3 is 0 Å². The summed E-state index contributed by atoms with van der Waals surface area (Å²) in [4.78, 5) is 24.3. The molecule has 132 valence electrons. The van der Waals surface area contributed by atoms with Crippen molar-refractivity contribution in [2.75, 3.05) is 26.2 Å². The zero-order chi connectivity index (χ0) is 18.0. The predicted molar refractivity (Wildman–Crippen MR) is 97.5 cm³/mol. The molecule has 0 aliphatic carbocycles. The van der Waals surface area contributed by atoms with Gasteiger partial charge in [-0.15, -0.1) is 11.3 Å². The van der Waals surface area contributed by atoms with Crippen LogP contribution in [0.5, 0.6) is 0 Å². The fourth-order valence-electron chi connectivity index (χ4n) is 2.81. The minimum Gasteiger partial charge on any atom is -0.356 e. The van der Waals surface area contributed by atoms with Crippen LogP contribution in [0.15, 0.2) is 17.6 Å². The normalized spacial score (nSPS) is 16.0. The highest BCUT2D eigenvalue weighted by Gasteiger charge is 2.24. The van der Waals surface area contributed by atoms with E-state index in [4.69, 9.17) is 10.2 Å². The fraction of sp³-hybridized carbons (Fsp3) is 0.500. The van der Waals surface area contributed by atoms with E-state index in [1.807, 2.05) is 11.0 Å². The molecule has 0 unspecified atom stereocenters. The summed E-state index contributed by atoms with van der Waals surface area (Å²) in [5, 5.41) is 12.2. The number of aromatic nitrogens is 2. The van der Waals surface area contributed by atoms with Gasteiger partial charge in [-0.25, -0.2) is 4.98 Å². The first kappa shape index (κ1) is 17.6. The minimum atomic E-state index is -0.0372. The van der Waals surface area contributed by atoms with Gasteiger partial charge in [-0.3, -0.25) is 9.69 Å². The molecular weight excluding hydrogens is 334 g/mol. The van der Waals surface area contributed by atoms with Crippen LogP contribution in [0.4, 0.5) is 0 Å². The molecule has 1 amide bonds. The maximum Gasteiger partial charge on any atom is 0.270 e. The topological polar surface area (TPSA) is 76.0 Å². The van der Waals surface area contributed by atoms with Crippen molar-refractivity contribution in [3.8, 4) is 6.07 Å². The molecule has 6 nitrogen and oxygen atoms in total. The van der Waals surface area contributed by atoms with Gasteiger partial charge in [-0.05, 0) is 6.07 Å². The molecule has 2 aromatic rings. The van der Waals surface area contributed by atoms with Crippen molar-refractivity contribution in [2.24, 2.45) is 0 Å². The molecular formula is C18H23N5OS. The van der Waals surface area contributed by atoms with Crippen LogP contribution in [0, 0.1) is 11.3 Å². The summed E-state index contributed by atoms with van der Waals surface area (Å²) in [6.07, 6.45) is 1.57. The van der Waals surface area contributed by atoms with E-state index < -0.39 is 0 Å². The van der Waals surface area contributed by atoms with Crippen LogP contribution in [-0.2, 0) is 12.0 Å². The number of nitriles is 1. The minimum absolute atomic E-state index is 0.0372. The lowest BCUT2D eigenvalue weighted by Crippen LogP contribution is -2.48. The summed E-state index contributed by atoms with van der Waals surface area (Å²) < 4.78 is 0. The van der Waals surface area contributed by atoms with Crippen LogP contribution in [-0.4, -0.2) is 51.9 Å². The Morgan fingerprint density at radius 1 is 1.36 bits per heavy atom. The maximum absolute atomic E-state index is 12.5. The molecule has 1 aliphatic rings. The van der Waals surface area contributed by atoms with Crippen LogP contribution in [0.2, 0.25) is 0 Å². The second-order valence-electron chi connectivity index (χ2n) is 7.38. The number of hydrogen-bond acceptors (Lipinski definition) is 5. The standard InChI is InChI=1S/C18H23N5OS/c1-18(2,3)17-21-14(12-25-17)11-22-4-6-23(7-5-22)16(24)15-8-13(9-19)10-20-15/h8,10,12,20H,4-7,11H2,1-3H3. The van der Waals surface area contributed by atoms with Gasteiger partial charge in [0, 0.05) is 49.7 Å². The first-order valence-corrected chi connectivity index (χ1v) is 9.30. The zero-order valence-electron chi connectivity index (χ0n) is 14.9. The van der Waals surface area contributed by atoms with Crippen molar-refractivity contribution in [3.05, 3.63) is 39.6 Å². The summed E-state index contributed by atoms with van der Waals surface area (Å²) in [6.45, 7) is 10.4. The van der Waals surface area contributed by atoms with Gasteiger partial charge in [0.2, 0.25) is 0 Å². The van der Waals surface area contributed by atoms with Crippen LogP contribution < -0.4 is 0 Å². The number of nitrogens with one attached hydrogen (secondary N) is 1. The first-order valence-electron chi connectivity index (χ1n) is 8.42. The Labute approximate surface area is 152 Å². The number of amides is 1. The molecule has 7 heteroatoms. The number of carbonyl (C=O) groups is 1. The van der Waals surface area contributed by atoms with E-state index in [-0.39, 0.29) is 11.3 Å². The number of hydrogen-bond donors (Lipinski definition) is 1. The van der Waals surface area contributed by atoms with Gasteiger partial charge < -0.3 is 9.88 Å². The zero-order valence-corrected chi connectivity index (χ0v) is 15.7. The Balaban J connectivity index is 1.54. The van der Waals surface area contributed by atoms with Gasteiger partial charge in [0.15, 0.2) is 0 Å². The van der Waals surface area contributed by atoms with E-state index in [0.29, 0.717) is 24.3 Å². The van der Waals surface area contributed by atoms with Crippen LogP contribution in [0.25, 0.3) is 0 Å². The second kappa shape index (κ2) is 6.98. The van der Waals surface area contributed by atoms with Gasteiger partial charge in [0.05, 0.1) is 16.3 Å². The number of nitrogens with zero attached hydrogens (tertiary/aromatic N) is 4. The van der Waals surface area contributed by atoms with E-state index >= 15 is 0 Å². The Hall–Kier alpha value is -2.17. The molecule has 0 atom stereocenters. The fourth-order valence-corrected chi connectivity index (χ4v) is 3.71. The van der Waals surface area contributed by atoms with Crippen molar-refractivity contribution in [1.29, 1.82) is 5.26 Å². The van der Waals surface area contributed by atoms with Crippen molar-refractivity contribution in [2.45, 2.75) is 32.7 Å². The molecule has 1 fully saturated rings. The maximum atomic E-state index is 12.5. The SMILES string of the molecule is CC(C)(C)c1nc(CN2CCN(C(=O)c3cc(C#N)c[nH]3)CC2)cs1. The average Bonchev–Trinajstić information content (AvgIpc) is 3.23. The van der Waals surface area contributed by atoms with E-state index in [1.165, 1.54) is 0 Å². The highest BCUT2D eigenvalue weighted by Crippen LogP contribution is 2.26. The molecule has 0 saturated carbocycles. The molecule has 0 radical (unpaired) electrons. The second-order valence-corrected chi connectivity index (χ2v) is 8.23. The number of thiazole rings is 1. The predicted octanol–water partition coefficient (Wildman–Crippen LogP) is 2.60. The molecule has 1 saturated heterocycles. The molecule has 0 spiro atoms. The van der Waals surface area contributed by atoms with Crippen molar-refractivity contribution >= 4 is 17.2 Å². The average molecular weight is 357 g/mol. The third-order valence-electron chi connectivity index (χ3n) is 4.28. The molecule has 0 bridgehead atoms. The number of rotatable bonds is 3. The molecule has 3 rings (SSSR count). The molecule has 3 heterocycles. The number of carbonyl (C=O) groups excluding carboxylic acids is 1. The van der Waals surface area contributed by atoms with Gasteiger partial charge in [0.25, 0.3) is 5.91 Å². The van der Waals surface area contributed by atoms with E-state index in [2.05, 4.69) is 36.0 Å².